The molecule has 0 unspecified atom stereocenters. The van der Waals surface area contributed by atoms with E-state index in [1.807, 2.05) is 0 Å². The van der Waals surface area contributed by atoms with Gasteiger partial charge in [-0.25, -0.2) is 9.78 Å². The smallest absolute Gasteiger partial charge is 0.493 e. The Morgan fingerprint density at radius 1 is 1.33 bits per heavy atom. The molecule has 0 bridgehead atoms. The molecule has 0 radical (unpaired) electrons. The minimum absolute atomic E-state index is 0.132. The maximum atomic E-state index is 12.2. The molecule has 8 heteroatoms. The average Bonchev–Trinajstić information content (AvgIpc) is 2.28. The summed E-state index contributed by atoms with van der Waals surface area (Å²) in [5.41, 5.74) is -0.298. The third-order valence-corrected chi connectivity index (χ3v) is 1.94. The highest BCUT2D eigenvalue weighted by molar-refractivity contribution is 5.88. The Morgan fingerprint density at radius 3 is 2.39 bits per heavy atom. The average molecular weight is 265 g/mol. The number of esters is 1. The molecule has 0 N–H and O–H groups in total. The van der Waals surface area contributed by atoms with Crippen molar-refractivity contribution in [1.82, 2.24) is 4.98 Å². The van der Waals surface area contributed by atoms with Crippen LogP contribution in [0.2, 0.25) is 0 Å². The van der Waals surface area contributed by atoms with Crippen LogP contribution < -0.4 is 9.47 Å². The van der Waals surface area contributed by atoms with Gasteiger partial charge in [0, 0.05) is 6.07 Å². The molecular weight excluding hydrogens is 255 g/mol. The summed E-state index contributed by atoms with van der Waals surface area (Å²) >= 11 is 0. The van der Waals surface area contributed by atoms with E-state index in [-0.39, 0.29) is 17.1 Å². The summed E-state index contributed by atoms with van der Waals surface area (Å²) in [7, 11) is 2.28. The Hall–Kier alpha value is -1.99. The summed E-state index contributed by atoms with van der Waals surface area (Å²) in [6.07, 6.45) is -4.87. The van der Waals surface area contributed by atoms with Crippen LogP contribution in [-0.2, 0) is 4.74 Å². The van der Waals surface area contributed by atoms with Gasteiger partial charge in [-0.1, -0.05) is 0 Å². The Balaban J connectivity index is 3.24. The zero-order chi connectivity index (χ0) is 13.9. The number of methoxy groups -OCH3 is 2. The predicted molar refractivity (Wildman–Crippen MR) is 53.5 cm³/mol. The number of rotatable bonds is 3. The van der Waals surface area contributed by atoms with Crippen LogP contribution in [0, 0.1) is 6.92 Å². The maximum absolute atomic E-state index is 12.2. The van der Waals surface area contributed by atoms with Crippen LogP contribution in [0.15, 0.2) is 6.07 Å². The Kier molecular flexibility index (Phi) is 4.00. The van der Waals surface area contributed by atoms with Crippen LogP contribution in [-0.4, -0.2) is 31.5 Å². The second-order valence-corrected chi connectivity index (χ2v) is 3.16. The van der Waals surface area contributed by atoms with Gasteiger partial charge in [0.05, 0.1) is 19.9 Å². The van der Waals surface area contributed by atoms with Crippen molar-refractivity contribution in [1.29, 1.82) is 0 Å². The Labute approximate surface area is 100 Å². The molecule has 0 fully saturated rings. The van der Waals surface area contributed by atoms with E-state index >= 15 is 0 Å². The number of halogens is 3. The number of aromatic nitrogens is 1. The summed E-state index contributed by atoms with van der Waals surface area (Å²) in [6.45, 7) is 1.26. The highest BCUT2D eigenvalue weighted by Gasteiger charge is 2.34. The van der Waals surface area contributed by atoms with Crippen molar-refractivity contribution in [3.63, 3.8) is 0 Å². The zero-order valence-electron chi connectivity index (χ0n) is 9.79. The topological polar surface area (TPSA) is 57.7 Å². The number of carbonyl (C=O) groups excluding carboxylic acids is 1. The molecule has 1 heterocycles. The number of alkyl halides is 3. The molecule has 100 valence electrons. The molecule has 0 amide bonds. The van der Waals surface area contributed by atoms with E-state index in [0.717, 1.165) is 20.3 Å². The van der Waals surface area contributed by atoms with Crippen LogP contribution in [0.1, 0.15) is 16.2 Å². The molecule has 0 atom stereocenters. The van der Waals surface area contributed by atoms with Crippen molar-refractivity contribution < 1.29 is 32.2 Å². The SMILES string of the molecule is COC(=O)c1cc(OC)c(OC(F)(F)F)c(C)n1. The fourth-order valence-corrected chi connectivity index (χ4v) is 1.23. The highest BCUT2D eigenvalue weighted by atomic mass is 19.4. The molecule has 0 saturated heterocycles. The molecule has 0 aliphatic carbocycles. The van der Waals surface area contributed by atoms with E-state index in [0.29, 0.717) is 0 Å². The molecule has 0 saturated carbocycles. The van der Waals surface area contributed by atoms with Crippen LogP contribution in [0.3, 0.4) is 0 Å². The van der Waals surface area contributed by atoms with Crippen molar-refractivity contribution in [3.05, 3.63) is 17.5 Å². The van der Waals surface area contributed by atoms with Crippen molar-refractivity contribution >= 4 is 5.97 Å². The summed E-state index contributed by atoms with van der Waals surface area (Å²) in [4.78, 5) is 14.9. The van der Waals surface area contributed by atoms with Crippen molar-refractivity contribution in [2.45, 2.75) is 13.3 Å². The van der Waals surface area contributed by atoms with Gasteiger partial charge in [0.25, 0.3) is 0 Å². The highest BCUT2D eigenvalue weighted by Crippen LogP contribution is 2.34. The van der Waals surface area contributed by atoms with Gasteiger partial charge in [0.15, 0.2) is 17.2 Å². The van der Waals surface area contributed by atoms with Gasteiger partial charge >= 0.3 is 12.3 Å². The molecule has 0 spiro atoms. The van der Waals surface area contributed by atoms with Crippen LogP contribution in [0.4, 0.5) is 13.2 Å². The first-order valence-corrected chi connectivity index (χ1v) is 4.68. The molecule has 1 rings (SSSR count). The molecule has 0 aliphatic rings. The van der Waals surface area contributed by atoms with E-state index in [9.17, 15) is 18.0 Å². The van der Waals surface area contributed by atoms with Crippen LogP contribution in [0.25, 0.3) is 0 Å². The summed E-state index contributed by atoms with van der Waals surface area (Å²) in [5, 5.41) is 0. The molecule has 1 aromatic rings. The first-order chi connectivity index (χ1) is 8.28. The van der Waals surface area contributed by atoms with E-state index in [4.69, 9.17) is 4.74 Å². The maximum Gasteiger partial charge on any atom is 0.573 e. The summed E-state index contributed by atoms with van der Waals surface area (Å²) in [5.74, 6) is -1.62. The fraction of sp³-hybridized carbons (Fsp3) is 0.400. The molecule has 18 heavy (non-hydrogen) atoms. The minimum atomic E-state index is -4.87. The van der Waals surface area contributed by atoms with E-state index in [2.05, 4.69) is 14.5 Å². The lowest BCUT2D eigenvalue weighted by Gasteiger charge is -2.14. The van der Waals surface area contributed by atoms with Crippen LogP contribution >= 0.6 is 0 Å². The molecule has 0 aromatic carbocycles. The minimum Gasteiger partial charge on any atom is -0.493 e. The molecule has 5 nitrogen and oxygen atoms in total. The lowest BCUT2D eigenvalue weighted by molar-refractivity contribution is -0.275. The number of ether oxygens (including phenoxy) is 3. The lowest BCUT2D eigenvalue weighted by atomic mass is 10.2. The standard InChI is InChI=1S/C10H10F3NO4/c1-5-8(18-10(11,12)13)7(16-2)4-6(14-5)9(15)17-3/h4H,1-3H3. The van der Waals surface area contributed by atoms with Gasteiger partial charge in [0.2, 0.25) is 0 Å². The number of hydrogen-bond donors (Lipinski definition) is 0. The van der Waals surface area contributed by atoms with Crippen molar-refractivity contribution in [3.8, 4) is 11.5 Å². The van der Waals surface area contributed by atoms with Gasteiger partial charge in [-0.15, -0.1) is 13.2 Å². The van der Waals surface area contributed by atoms with Gasteiger partial charge in [-0.3, -0.25) is 0 Å². The van der Waals surface area contributed by atoms with E-state index in [1.54, 1.807) is 0 Å². The first-order valence-electron chi connectivity index (χ1n) is 4.68. The predicted octanol–water partition coefficient (Wildman–Crippen LogP) is 2.08. The fourth-order valence-electron chi connectivity index (χ4n) is 1.23. The summed E-state index contributed by atoms with van der Waals surface area (Å²) < 4.78 is 49.4. The number of pyridine rings is 1. The monoisotopic (exact) mass is 265 g/mol. The third kappa shape index (κ3) is 3.25. The first kappa shape index (κ1) is 14.1. The second-order valence-electron chi connectivity index (χ2n) is 3.16. The van der Waals surface area contributed by atoms with Crippen LogP contribution in [0.5, 0.6) is 11.5 Å². The van der Waals surface area contributed by atoms with Crippen molar-refractivity contribution in [2.75, 3.05) is 14.2 Å². The zero-order valence-corrected chi connectivity index (χ0v) is 9.79. The number of nitrogens with zero attached hydrogens (tertiary/aromatic N) is 1. The quantitative estimate of drug-likeness (QED) is 0.783. The van der Waals surface area contributed by atoms with Gasteiger partial charge < -0.3 is 14.2 Å². The van der Waals surface area contributed by atoms with Gasteiger partial charge in [-0.2, -0.15) is 0 Å². The molecule has 0 aliphatic heterocycles. The lowest BCUT2D eigenvalue weighted by Crippen LogP contribution is -2.19. The third-order valence-electron chi connectivity index (χ3n) is 1.94. The number of hydrogen-bond acceptors (Lipinski definition) is 5. The van der Waals surface area contributed by atoms with Crippen molar-refractivity contribution in [2.24, 2.45) is 0 Å². The summed E-state index contributed by atoms with van der Waals surface area (Å²) in [6, 6.07) is 1.01. The Bertz CT molecular complexity index is 459. The van der Waals surface area contributed by atoms with E-state index < -0.39 is 18.1 Å². The van der Waals surface area contributed by atoms with Gasteiger partial charge in [0.1, 0.15) is 0 Å². The molecule has 1 aromatic heterocycles. The normalized spacial score (nSPS) is 11.0. The number of aryl methyl sites for hydroxylation is 1. The molecular formula is C10H10F3NO4. The van der Waals surface area contributed by atoms with Gasteiger partial charge in [-0.05, 0) is 6.92 Å². The largest absolute Gasteiger partial charge is 0.573 e. The Morgan fingerprint density at radius 2 is 1.94 bits per heavy atom. The van der Waals surface area contributed by atoms with E-state index in [1.165, 1.54) is 6.92 Å². The number of carbonyl (C=O) groups is 1. The second kappa shape index (κ2) is 5.11.